The first-order chi connectivity index (χ1) is 9.60. The predicted octanol–water partition coefficient (Wildman–Crippen LogP) is 2.64. The molecule has 2 fully saturated rings. The molecule has 3 nitrogen and oxygen atoms in total. The van der Waals surface area contributed by atoms with Crippen molar-refractivity contribution in [1.29, 1.82) is 0 Å². The third-order valence-corrected chi connectivity index (χ3v) is 4.88. The lowest BCUT2D eigenvalue weighted by Gasteiger charge is -2.23. The minimum Gasteiger partial charge on any atom is -0.338 e. The van der Waals surface area contributed by atoms with E-state index in [0.717, 1.165) is 38.2 Å². The molecular formula is C17H24N2O. The second kappa shape index (κ2) is 5.21. The number of hydrogen-bond donors (Lipinski definition) is 1. The molecule has 108 valence electrons. The molecule has 1 aromatic rings. The van der Waals surface area contributed by atoms with Gasteiger partial charge in [0, 0.05) is 30.6 Å². The van der Waals surface area contributed by atoms with E-state index in [-0.39, 0.29) is 5.91 Å². The standard InChI is InChI=1S/C17H24N2O/c1-13(2)14-3-5-15(6-4-14)16(20)19-10-8-17(12-19)7-9-18-11-17/h3-6,13,18H,7-12H2,1-2H3. The second-order valence-corrected chi connectivity index (χ2v) is 6.68. The highest BCUT2D eigenvalue weighted by Crippen LogP contribution is 2.36. The monoisotopic (exact) mass is 272 g/mol. The van der Waals surface area contributed by atoms with Crippen molar-refractivity contribution >= 4 is 5.91 Å². The third kappa shape index (κ3) is 2.47. The fourth-order valence-corrected chi connectivity index (χ4v) is 3.45. The molecule has 0 aliphatic carbocycles. The molecule has 2 saturated heterocycles. The molecule has 3 rings (SSSR count). The molecule has 3 heteroatoms. The van der Waals surface area contributed by atoms with E-state index in [9.17, 15) is 4.79 Å². The van der Waals surface area contributed by atoms with Gasteiger partial charge in [0.05, 0.1) is 0 Å². The Balaban J connectivity index is 1.70. The number of nitrogens with zero attached hydrogens (tertiary/aromatic N) is 1. The van der Waals surface area contributed by atoms with Gasteiger partial charge in [0.15, 0.2) is 0 Å². The van der Waals surface area contributed by atoms with E-state index in [1.165, 1.54) is 12.0 Å². The Kier molecular flexibility index (Phi) is 3.55. The number of likely N-dealkylation sites (tertiary alicyclic amines) is 1. The van der Waals surface area contributed by atoms with Crippen molar-refractivity contribution in [1.82, 2.24) is 10.2 Å². The van der Waals surface area contributed by atoms with Crippen molar-refractivity contribution in [2.75, 3.05) is 26.2 Å². The van der Waals surface area contributed by atoms with Gasteiger partial charge < -0.3 is 10.2 Å². The van der Waals surface area contributed by atoms with Crippen molar-refractivity contribution in [2.45, 2.75) is 32.6 Å². The maximum atomic E-state index is 12.6. The first-order valence-electron chi connectivity index (χ1n) is 7.70. The van der Waals surface area contributed by atoms with Crippen LogP contribution in [0.25, 0.3) is 0 Å². The van der Waals surface area contributed by atoms with Crippen LogP contribution < -0.4 is 5.32 Å². The van der Waals surface area contributed by atoms with E-state index in [0.29, 0.717) is 11.3 Å². The summed E-state index contributed by atoms with van der Waals surface area (Å²) in [5, 5.41) is 3.44. The molecule has 2 aliphatic rings. The van der Waals surface area contributed by atoms with Gasteiger partial charge in [-0.15, -0.1) is 0 Å². The summed E-state index contributed by atoms with van der Waals surface area (Å²) in [7, 11) is 0. The molecule has 0 bridgehead atoms. The number of carbonyl (C=O) groups is 1. The van der Waals surface area contributed by atoms with E-state index in [4.69, 9.17) is 0 Å². The SMILES string of the molecule is CC(C)c1ccc(C(=O)N2CCC3(CCNC3)C2)cc1. The molecule has 0 aromatic heterocycles. The minimum atomic E-state index is 0.198. The molecule has 1 aromatic carbocycles. The molecule has 1 atom stereocenters. The van der Waals surface area contributed by atoms with Gasteiger partial charge in [-0.2, -0.15) is 0 Å². The summed E-state index contributed by atoms with van der Waals surface area (Å²) in [5.74, 6) is 0.711. The smallest absolute Gasteiger partial charge is 0.253 e. The number of amides is 1. The van der Waals surface area contributed by atoms with Crippen LogP contribution in [0.5, 0.6) is 0 Å². The summed E-state index contributed by atoms with van der Waals surface area (Å²) in [4.78, 5) is 14.6. The highest BCUT2D eigenvalue weighted by molar-refractivity contribution is 5.94. The highest BCUT2D eigenvalue weighted by atomic mass is 16.2. The van der Waals surface area contributed by atoms with Crippen molar-refractivity contribution in [3.8, 4) is 0 Å². The van der Waals surface area contributed by atoms with Crippen LogP contribution in [0.2, 0.25) is 0 Å². The molecule has 1 spiro atoms. The van der Waals surface area contributed by atoms with Crippen LogP contribution in [0.3, 0.4) is 0 Å². The van der Waals surface area contributed by atoms with Gasteiger partial charge in [0.1, 0.15) is 0 Å². The quantitative estimate of drug-likeness (QED) is 0.897. The Morgan fingerprint density at radius 1 is 1.25 bits per heavy atom. The second-order valence-electron chi connectivity index (χ2n) is 6.68. The van der Waals surface area contributed by atoms with Crippen LogP contribution in [0, 0.1) is 5.41 Å². The van der Waals surface area contributed by atoms with Crippen molar-refractivity contribution in [2.24, 2.45) is 5.41 Å². The molecule has 1 unspecified atom stereocenters. The first kappa shape index (κ1) is 13.6. The van der Waals surface area contributed by atoms with E-state index >= 15 is 0 Å². The van der Waals surface area contributed by atoms with Crippen LogP contribution >= 0.6 is 0 Å². The lowest BCUT2D eigenvalue weighted by Crippen LogP contribution is -2.33. The van der Waals surface area contributed by atoms with Gasteiger partial charge in [0.25, 0.3) is 5.91 Å². The summed E-state index contributed by atoms with van der Waals surface area (Å²) in [6, 6.07) is 8.13. The fraction of sp³-hybridized carbons (Fsp3) is 0.588. The van der Waals surface area contributed by atoms with Crippen LogP contribution in [0.15, 0.2) is 24.3 Å². The highest BCUT2D eigenvalue weighted by Gasteiger charge is 2.41. The number of nitrogens with one attached hydrogen (secondary N) is 1. The Morgan fingerprint density at radius 2 is 2.00 bits per heavy atom. The molecule has 2 heterocycles. The molecule has 1 N–H and O–H groups in total. The third-order valence-electron chi connectivity index (χ3n) is 4.88. The molecule has 0 saturated carbocycles. The maximum absolute atomic E-state index is 12.6. The zero-order valence-corrected chi connectivity index (χ0v) is 12.5. The molecule has 1 amide bonds. The van der Waals surface area contributed by atoms with E-state index < -0.39 is 0 Å². The normalized spacial score (nSPS) is 25.9. The van der Waals surface area contributed by atoms with Gasteiger partial charge in [-0.05, 0) is 43.0 Å². The van der Waals surface area contributed by atoms with Crippen molar-refractivity contribution < 1.29 is 4.79 Å². The summed E-state index contributed by atoms with van der Waals surface area (Å²) < 4.78 is 0. The Labute approximate surface area is 121 Å². The Hall–Kier alpha value is -1.35. The van der Waals surface area contributed by atoms with Gasteiger partial charge in [-0.1, -0.05) is 26.0 Å². The molecule has 2 aliphatic heterocycles. The van der Waals surface area contributed by atoms with Crippen LogP contribution in [0.4, 0.5) is 0 Å². The summed E-state index contributed by atoms with van der Waals surface area (Å²) >= 11 is 0. The average Bonchev–Trinajstić information content (AvgIpc) is 3.09. The number of hydrogen-bond acceptors (Lipinski definition) is 2. The topological polar surface area (TPSA) is 32.3 Å². The maximum Gasteiger partial charge on any atom is 0.253 e. The average molecular weight is 272 g/mol. The molecule has 0 radical (unpaired) electrons. The van der Waals surface area contributed by atoms with E-state index in [1.54, 1.807) is 0 Å². The lowest BCUT2D eigenvalue weighted by atomic mass is 9.86. The number of rotatable bonds is 2. The van der Waals surface area contributed by atoms with E-state index in [2.05, 4.69) is 31.3 Å². The lowest BCUT2D eigenvalue weighted by molar-refractivity contribution is 0.0775. The fourth-order valence-electron chi connectivity index (χ4n) is 3.45. The zero-order valence-electron chi connectivity index (χ0n) is 12.5. The Bertz CT molecular complexity index is 486. The van der Waals surface area contributed by atoms with Gasteiger partial charge >= 0.3 is 0 Å². The van der Waals surface area contributed by atoms with Crippen molar-refractivity contribution in [3.05, 3.63) is 35.4 Å². The van der Waals surface area contributed by atoms with Crippen LogP contribution in [-0.2, 0) is 0 Å². The summed E-state index contributed by atoms with van der Waals surface area (Å²) in [5.41, 5.74) is 2.48. The zero-order chi connectivity index (χ0) is 14.2. The largest absolute Gasteiger partial charge is 0.338 e. The van der Waals surface area contributed by atoms with Gasteiger partial charge in [-0.25, -0.2) is 0 Å². The first-order valence-corrected chi connectivity index (χ1v) is 7.70. The number of carbonyl (C=O) groups excluding carboxylic acids is 1. The van der Waals surface area contributed by atoms with Crippen LogP contribution in [0.1, 0.15) is 48.5 Å². The predicted molar refractivity (Wildman–Crippen MR) is 81.0 cm³/mol. The summed E-state index contributed by atoms with van der Waals surface area (Å²) in [6.45, 7) is 8.35. The molecule has 20 heavy (non-hydrogen) atoms. The van der Waals surface area contributed by atoms with E-state index in [1.807, 2.05) is 17.0 Å². The van der Waals surface area contributed by atoms with Gasteiger partial charge in [-0.3, -0.25) is 4.79 Å². The van der Waals surface area contributed by atoms with Crippen molar-refractivity contribution in [3.63, 3.8) is 0 Å². The van der Waals surface area contributed by atoms with Gasteiger partial charge in [0.2, 0.25) is 0 Å². The van der Waals surface area contributed by atoms with Crippen LogP contribution in [-0.4, -0.2) is 37.0 Å². The minimum absolute atomic E-state index is 0.198. The molecular weight excluding hydrogens is 248 g/mol. The summed E-state index contributed by atoms with van der Waals surface area (Å²) in [6.07, 6.45) is 2.36. The Morgan fingerprint density at radius 3 is 2.60 bits per heavy atom. The number of benzene rings is 1.